The molecule has 524 valence electrons. The van der Waals surface area contributed by atoms with E-state index in [0.29, 0.717) is 17.4 Å². The minimum absolute atomic E-state index is 0.137. The molecule has 0 aliphatic heterocycles. The molecule has 0 amide bonds. The lowest BCUT2D eigenvalue weighted by Gasteiger charge is -2.26. The van der Waals surface area contributed by atoms with Crippen molar-refractivity contribution in [3.05, 3.63) is 109 Å². The van der Waals surface area contributed by atoms with Crippen LogP contribution < -0.4 is 5.11 Å². The molecule has 0 fully saturated rings. The Morgan fingerprint density at radius 1 is 0.341 bits per heavy atom. The van der Waals surface area contributed by atoms with Crippen LogP contribution in [0.3, 0.4) is 0 Å². The van der Waals surface area contributed by atoms with E-state index >= 15 is 0 Å². The zero-order valence-corrected chi connectivity index (χ0v) is 59.9. The van der Waals surface area contributed by atoms with Crippen molar-refractivity contribution >= 4 is 17.9 Å². The molecule has 0 N–H and O–H groups in total. The fourth-order valence-corrected chi connectivity index (χ4v) is 10.8. The van der Waals surface area contributed by atoms with Crippen LogP contribution in [0.15, 0.2) is 109 Å². The smallest absolute Gasteiger partial charge is 0.306 e. The predicted octanol–water partition coefficient (Wildman–Crippen LogP) is 22.8. The van der Waals surface area contributed by atoms with E-state index in [4.69, 9.17) is 18.9 Å². The topological polar surface area (TPSA) is 111 Å². The maximum absolute atomic E-state index is 12.9. The zero-order valence-electron chi connectivity index (χ0n) is 59.9. The minimum atomic E-state index is -1.64. The summed E-state index contributed by atoms with van der Waals surface area (Å²) in [6, 6.07) is 0. The zero-order chi connectivity index (χ0) is 66.1. The lowest BCUT2D eigenvalue weighted by atomic mass is 10.0. The Balaban J connectivity index is 4.12. The van der Waals surface area contributed by atoms with Gasteiger partial charge in [-0.2, -0.15) is 0 Å². The predicted molar refractivity (Wildman–Crippen MR) is 389 cm³/mol. The van der Waals surface area contributed by atoms with Crippen molar-refractivity contribution in [3.8, 4) is 0 Å². The normalized spacial score (nSPS) is 13.3. The number of ether oxygens (including phenoxy) is 4. The van der Waals surface area contributed by atoms with Crippen LogP contribution in [0.5, 0.6) is 0 Å². The summed E-state index contributed by atoms with van der Waals surface area (Å²) < 4.78 is 22.8. The van der Waals surface area contributed by atoms with Gasteiger partial charge < -0.3 is 33.3 Å². The highest BCUT2D eigenvalue weighted by Gasteiger charge is 2.22. The summed E-state index contributed by atoms with van der Waals surface area (Å²) in [5.41, 5.74) is 0. The summed E-state index contributed by atoms with van der Waals surface area (Å²) in [5, 5.41) is 11.8. The van der Waals surface area contributed by atoms with Gasteiger partial charge in [0.1, 0.15) is 13.2 Å². The fourth-order valence-electron chi connectivity index (χ4n) is 10.8. The molecule has 0 aromatic rings. The van der Waals surface area contributed by atoms with Gasteiger partial charge in [-0.3, -0.25) is 9.59 Å². The number of carbonyl (C=O) groups is 3. The average molecular weight is 1270 g/mol. The Kier molecular flexibility index (Phi) is 68.6. The van der Waals surface area contributed by atoms with E-state index in [1.807, 2.05) is 21.1 Å². The van der Waals surface area contributed by atoms with E-state index in [1.165, 1.54) is 205 Å². The first kappa shape index (κ1) is 87.0. The van der Waals surface area contributed by atoms with Crippen LogP contribution >= 0.6 is 0 Å². The molecule has 0 heterocycles. The number of likely N-dealkylation sites (N-methyl/N-ethyl adjacent to an activating group) is 1. The molecule has 0 spiro atoms. The maximum atomic E-state index is 12.9. The lowest BCUT2D eigenvalue weighted by molar-refractivity contribution is -0.870. The molecule has 0 aromatic heterocycles. The third-order valence-corrected chi connectivity index (χ3v) is 16.5. The number of hydrogen-bond acceptors (Lipinski definition) is 8. The number of carboxylic acids is 1. The number of nitrogens with zero attached hydrogens (tertiary/aromatic N) is 1. The number of rotatable bonds is 70. The van der Waals surface area contributed by atoms with Crippen molar-refractivity contribution in [3.63, 3.8) is 0 Å². The van der Waals surface area contributed by atoms with E-state index in [1.54, 1.807) is 0 Å². The van der Waals surface area contributed by atoms with Crippen molar-refractivity contribution < 1.29 is 42.9 Å². The second-order valence-corrected chi connectivity index (χ2v) is 26.6. The summed E-state index contributed by atoms with van der Waals surface area (Å²) in [7, 11) is 5.92. The molecule has 91 heavy (non-hydrogen) atoms. The second-order valence-electron chi connectivity index (χ2n) is 26.6. The maximum Gasteiger partial charge on any atom is 0.306 e. The van der Waals surface area contributed by atoms with Gasteiger partial charge in [-0.15, -0.1) is 0 Å². The molecule has 0 bridgehead atoms. The summed E-state index contributed by atoms with van der Waals surface area (Å²) >= 11 is 0. The largest absolute Gasteiger partial charge is 0.545 e. The Hall–Kier alpha value is -4.05. The van der Waals surface area contributed by atoms with Crippen LogP contribution in [0.2, 0.25) is 0 Å². The monoisotopic (exact) mass is 1270 g/mol. The van der Waals surface area contributed by atoms with Gasteiger partial charge in [-0.25, -0.2) is 0 Å². The standard InChI is InChI=1S/C82H143NO8/c1-6-8-10-12-14-16-18-20-22-24-26-28-30-32-34-36-38-39-40-41-43-44-46-48-50-52-54-56-58-60-62-64-66-68-70-72-79(84)89-76-78(77-90-82(81(86)87)88-75-74-83(3,4)5)91-80(85)73-71-69-67-65-63-61-59-57-55-53-51-49-47-45-42-37-35-33-31-29-27-25-23-21-19-17-15-13-11-9-7-2/h9,11,15,17,21,23,27,29,33,35,42,45,49,51,55,57,61,63,78,82H,6-8,10,12-14,16,18-20,22,24-26,28,30-32,34,36-41,43-44,46-48,50,52-54,56,58-60,62,64-77H2,1-5H3/b11-9-,17-15-,23-21-,29-27-,35-33-,45-42-,51-49-,57-55-,63-61-. The van der Waals surface area contributed by atoms with Gasteiger partial charge in [0.05, 0.1) is 40.3 Å². The van der Waals surface area contributed by atoms with Crippen molar-refractivity contribution in [2.45, 2.75) is 347 Å². The van der Waals surface area contributed by atoms with Crippen LogP contribution in [-0.4, -0.2) is 82.3 Å². The molecule has 2 atom stereocenters. The summed E-state index contributed by atoms with van der Waals surface area (Å²) in [6.45, 7) is 4.63. The summed E-state index contributed by atoms with van der Waals surface area (Å²) in [4.78, 5) is 37.5. The number of carbonyl (C=O) groups excluding carboxylic acids is 3. The molecular weight excluding hydrogens is 1130 g/mol. The Labute approximate surface area is 562 Å². The number of hydrogen-bond donors (Lipinski definition) is 0. The average Bonchev–Trinajstić information content (AvgIpc) is 3.65. The lowest BCUT2D eigenvalue weighted by Crippen LogP contribution is -2.44. The van der Waals surface area contributed by atoms with Crippen LogP contribution in [-0.2, 0) is 33.3 Å². The summed E-state index contributed by atoms with van der Waals surface area (Å²) in [5.74, 6) is -2.32. The van der Waals surface area contributed by atoms with E-state index in [0.717, 1.165) is 96.3 Å². The third-order valence-electron chi connectivity index (χ3n) is 16.5. The molecule has 0 rings (SSSR count). The number of esters is 2. The van der Waals surface area contributed by atoms with E-state index in [9.17, 15) is 19.5 Å². The first-order chi connectivity index (χ1) is 44.6. The SMILES string of the molecule is CC/C=C\C/C=C\C/C=C\C/C=C\C/C=C\C/C=C\C/C=C\C/C=C\C/C=C\CCCCCC(=O)OC(COC(=O)CCCCCCCCCCCCCCCCCCCCCCCCCCCCCCCCCCCCC)COC(OCC[N+](C)(C)C)C(=O)[O-]. The molecule has 0 radical (unpaired) electrons. The number of aliphatic carboxylic acids is 1. The second kappa shape index (κ2) is 71.8. The third kappa shape index (κ3) is 73.2. The van der Waals surface area contributed by atoms with Gasteiger partial charge >= 0.3 is 11.9 Å². The molecular formula is C82H143NO8. The quantitative estimate of drug-likeness (QED) is 0.0195. The molecule has 0 aliphatic rings. The highest BCUT2D eigenvalue weighted by Crippen LogP contribution is 2.19. The van der Waals surface area contributed by atoms with Crippen LogP contribution in [0.4, 0.5) is 0 Å². The van der Waals surface area contributed by atoms with Gasteiger partial charge in [0.25, 0.3) is 0 Å². The van der Waals surface area contributed by atoms with Crippen LogP contribution in [0.1, 0.15) is 335 Å². The molecule has 0 saturated carbocycles. The molecule has 9 nitrogen and oxygen atoms in total. The van der Waals surface area contributed by atoms with Gasteiger partial charge in [0.15, 0.2) is 12.4 Å². The Morgan fingerprint density at radius 3 is 0.934 bits per heavy atom. The summed E-state index contributed by atoms with van der Waals surface area (Å²) in [6.07, 6.45) is 97.8. The van der Waals surface area contributed by atoms with Crippen molar-refractivity contribution in [1.82, 2.24) is 0 Å². The van der Waals surface area contributed by atoms with Gasteiger partial charge in [0.2, 0.25) is 0 Å². The Bertz CT molecular complexity index is 1870. The molecule has 9 heteroatoms. The first-order valence-electron chi connectivity index (χ1n) is 38.0. The highest BCUT2D eigenvalue weighted by molar-refractivity contribution is 5.70. The van der Waals surface area contributed by atoms with Crippen LogP contribution in [0.25, 0.3) is 0 Å². The number of quaternary nitrogens is 1. The molecule has 0 aromatic carbocycles. The van der Waals surface area contributed by atoms with Crippen molar-refractivity contribution in [2.75, 3.05) is 47.5 Å². The fraction of sp³-hybridized carbons (Fsp3) is 0.744. The van der Waals surface area contributed by atoms with E-state index < -0.39 is 24.3 Å². The van der Waals surface area contributed by atoms with Crippen molar-refractivity contribution in [1.29, 1.82) is 0 Å². The minimum Gasteiger partial charge on any atom is -0.545 e. The number of unbranched alkanes of at least 4 members (excludes halogenated alkanes) is 37. The van der Waals surface area contributed by atoms with Crippen LogP contribution in [0, 0.1) is 0 Å². The van der Waals surface area contributed by atoms with Crippen molar-refractivity contribution in [2.24, 2.45) is 0 Å². The van der Waals surface area contributed by atoms with Gasteiger partial charge in [-0.05, 0) is 83.5 Å². The van der Waals surface area contributed by atoms with Gasteiger partial charge in [-0.1, -0.05) is 348 Å². The highest BCUT2D eigenvalue weighted by atomic mass is 16.7. The molecule has 0 aliphatic carbocycles. The number of carboxylic acid groups (broad SMARTS) is 1. The molecule has 2 unspecified atom stereocenters. The van der Waals surface area contributed by atoms with Gasteiger partial charge in [0, 0.05) is 12.8 Å². The first-order valence-corrected chi connectivity index (χ1v) is 38.0. The van der Waals surface area contributed by atoms with E-state index in [2.05, 4.69) is 123 Å². The Morgan fingerprint density at radius 2 is 0.626 bits per heavy atom. The molecule has 0 saturated heterocycles. The number of allylic oxidation sites excluding steroid dienone is 18. The van der Waals surface area contributed by atoms with E-state index in [-0.39, 0.29) is 38.6 Å².